The maximum Gasteiger partial charge on any atom is 0.118 e. The molecule has 3 nitrogen and oxygen atoms in total. The Morgan fingerprint density at radius 2 is 1.86 bits per heavy atom. The Morgan fingerprint density at radius 1 is 1.07 bits per heavy atom. The van der Waals surface area contributed by atoms with Gasteiger partial charge in [0.15, 0.2) is 0 Å². The van der Waals surface area contributed by atoms with Gasteiger partial charge in [0.1, 0.15) is 5.75 Å². The molecule has 0 saturated carbocycles. The summed E-state index contributed by atoms with van der Waals surface area (Å²) in [7, 11) is 1.71. The topological polar surface area (TPSA) is 33.3 Å². The molecule has 1 saturated heterocycles. The van der Waals surface area contributed by atoms with Crippen molar-refractivity contribution in [2.45, 2.75) is 30.1 Å². The van der Waals surface area contributed by atoms with Gasteiger partial charge in [-0.05, 0) is 46.9 Å². The highest BCUT2D eigenvalue weighted by atomic mass is 32.1. The molecule has 3 aromatic rings. The zero-order chi connectivity index (χ0) is 20.1. The van der Waals surface area contributed by atoms with Crippen molar-refractivity contribution in [1.29, 1.82) is 0 Å². The molecule has 3 atom stereocenters. The van der Waals surface area contributed by atoms with E-state index in [4.69, 9.17) is 4.74 Å². The van der Waals surface area contributed by atoms with Crippen molar-refractivity contribution in [1.82, 2.24) is 10.6 Å². The van der Waals surface area contributed by atoms with Crippen LogP contribution in [-0.2, 0) is 6.42 Å². The maximum atomic E-state index is 5.32. The van der Waals surface area contributed by atoms with E-state index < -0.39 is 0 Å². The smallest absolute Gasteiger partial charge is 0.118 e. The monoisotopic (exact) mass is 406 g/mol. The maximum absolute atomic E-state index is 5.32. The number of thiol groups is 1. The number of methoxy groups -OCH3 is 1. The number of fused-ring (bicyclic) bond motifs is 1. The highest BCUT2D eigenvalue weighted by Gasteiger charge is 2.21. The number of rotatable bonds is 8. The van der Waals surface area contributed by atoms with Crippen molar-refractivity contribution < 1.29 is 4.74 Å². The molecule has 3 aromatic carbocycles. The quantitative estimate of drug-likeness (QED) is 0.484. The zero-order valence-electron chi connectivity index (χ0n) is 17.0. The molecule has 1 fully saturated rings. The molecule has 0 bridgehead atoms. The van der Waals surface area contributed by atoms with Gasteiger partial charge in [-0.3, -0.25) is 0 Å². The molecule has 4 heteroatoms. The molecule has 0 aromatic heterocycles. The molecule has 0 amide bonds. The van der Waals surface area contributed by atoms with Crippen LogP contribution >= 0.6 is 12.6 Å². The zero-order valence-corrected chi connectivity index (χ0v) is 17.9. The molecule has 1 heterocycles. The average Bonchev–Trinajstić information content (AvgIpc) is 3.18. The van der Waals surface area contributed by atoms with E-state index in [0.717, 1.165) is 38.2 Å². The van der Waals surface area contributed by atoms with Crippen LogP contribution in [0.5, 0.6) is 5.75 Å². The lowest BCUT2D eigenvalue weighted by Crippen LogP contribution is -2.36. The number of benzene rings is 3. The molecule has 1 unspecified atom stereocenters. The largest absolute Gasteiger partial charge is 0.497 e. The Hall–Kier alpha value is -2.01. The fourth-order valence-electron chi connectivity index (χ4n) is 4.33. The number of ether oxygens (including phenoxy) is 1. The van der Waals surface area contributed by atoms with Crippen LogP contribution in [0.25, 0.3) is 10.8 Å². The average molecular weight is 407 g/mol. The van der Waals surface area contributed by atoms with Gasteiger partial charge in [0, 0.05) is 36.8 Å². The minimum absolute atomic E-state index is 0.405. The molecule has 152 valence electrons. The Balaban J connectivity index is 1.54. The molecular formula is C25H30N2OS. The van der Waals surface area contributed by atoms with Crippen molar-refractivity contribution >= 4 is 23.4 Å². The first kappa shape index (κ1) is 20.3. The van der Waals surface area contributed by atoms with Crippen molar-refractivity contribution in [2.24, 2.45) is 0 Å². The number of hydrogen-bond acceptors (Lipinski definition) is 4. The lowest BCUT2D eigenvalue weighted by Gasteiger charge is -2.22. The summed E-state index contributed by atoms with van der Waals surface area (Å²) in [6, 6.07) is 24.4. The third-order valence-electron chi connectivity index (χ3n) is 5.88. The van der Waals surface area contributed by atoms with Gasteiger partial charge in [-0.2, -0.15) is 12.6 Å². The Labute approximate surface area is 179 Å². The van der Waals surface area contributed by atoms with E-state index in [1.165, 1.54) is 21.9 Å². The molecule has 0 spiro atoms. The van der Waals surface area contributed by atoms with Crippen LogP contribution in [0.4, 0.5) is 0 Å². The molecule has 29 heavy (non-hydrogen) atoms. The van der Waals surface area contributed by atoms with Crippen LogP contribution in [0.2, 0.25) is 0 Å². The first-order valence-corrected chi connectivity index (χ1v) is 11.0. The van der Waals surface area contributed by atoms with Crippen LogP contribution in [0.3, 0.4) is 0 Å². The standard InChI is InChI=1S/C25H30N2OS/c1-28-22-11-9-18(10-12-22)13-20(15-26-16-21-14-23(29)17-27-21)25-8-4-6-19-5-2-3-7-24(19)25/h2-12,20-21,23,26-27,29H,13-17H2,1H3/t20?,21-,23-/m0/s1. The highest BCUT2D eigenvalue weighted by Crippen LogP contribution is 2.29. The van der Waals surface area contributed by atoms with Gasteiger partial charge in [0.25, 0.3) is 0 Å². The minimum atomic E-state index is 0.405. The second-order valence-corrected chi connectivity index (χ2v) is 8.70. The third-order valence-corrected chi connectivity index (χ3v) is 6.28. The van der Waals surface area contributed by atoms with Gasteiger partial charge in [0.2, 0.25) is 0 Å². The minimum Gasteiger partial charge on any atom is -0.497 e. The Bertz CT molecular complexity index is 922. The van der Waals surface area contributed by atoms with E-state index in [-0.39, 0.29) is 0 Å². The Kier molecular flexibility index (Phi) is 6.75. The predicted octanol–water partition coefficient (Wildman–Crippen LogP) is 4.42. The first-order chi connectivity index (χ1) is 14.2. The van der Waals surface area contributed by atoms with Crippen molar-refractivity contribution in [3.05, 3.63) is 77.9 Å². The molecule has 1 aliphatic heterocycles. The van der Waals surface area contributed by atoms with Crippen LogP contribution < -0.4 is 15.4 Å². The van der Waals surface area contributed by atoms with Gasteiger partial charge in [-0.25, -0.2) is 0 Å². The third kappa shape index (κ3) is 5.13. The summed E-state index contributed by atoms with van der Waals surface area (Å²) < 4.78 is 5.32. The lowest BCUT2D eigenvalue weighted by molar-refractivity contribution is 0.414. The van der Waals surface area contributed by atoms with Crippen LogP contribution in [0.15, 0.2) is 66.7 Å². The van der Waals surface area contributed by atoms with E-state index >= 15 is 0 Å². The van der Waals surface area contributed by atoms with Gasteiger partial charge in [-0.1, -0.05) is 54.6 Å². The first-order valence-electron chi connectivity index (χ1n) is 10.5. The van der Waals surface area contributed by atoms with Crippen LogP contribution in [0, 0.1) is 0 Å². The summed E-state index contributed by atoms with van der Waals surface area (Å²) in [6.45, 7) is 2.95. The van der Waals surface area contributed by atoms with E-state index in [2.05, 4.69) is 90.0 Å². The normalized spacial score (nSPS) is 20.1. The molecule has 4 rings (SSSR count). The molecular weight excluding hydrogens is 376 g/mol. The van der Waals surface area contributed by atoms with E-state index in [1.54, 1.807) is 7.11 Å². The summed E-state index contributed by atoms with van der Waals surface area (Å²) in [4.78, 5) is 0. The van der Waals surface area contributed by atoms with Gasteiger partial charge < -0.3 is 15.4 Å². The van der Waals surface area contributed by atoms with Crippen molar-refractivity contribution in [3.8, 4) is 5.75 Å². The van der Waals surface area contributed by atoms with Gasteiger partial charge in [-0.15, -0.1) is 0 Å². The highest BCUT2D eigenvalue weighted by molar-refractivity contribution is 7.81. The molecule has 1 aliphatic rings. The second-order valence-electron chi connectivity index (χ2n) is 7.97. The predicted molar refractivity (Wildman–Crippen MR) is 125 cm³/mol. The summed E-state index contributed by atoms with van der Waals surface area (Å²) in [5.41, 5.74) is 2.75. The molecule has 0 radical (unpaired) electrons. The van der Waals surface area contributed by atoms with Crippen molar-refractivity contribution in [3.63, 3.8) is 0 Å². The summed E-state index contributed by atoms with van der Waals surface area (Å²) >= 11 is 4.59. The number of hydrogen-bond donors (Lipinski definition) is 3. The van der Waals surface area contributed by atoms with E-state index in [1.807, 2.05) is 0 Å². The van der Waals surface area contributed by atoms with E-state index in [9.17, 15) is 0 Å². The summed E-state index contributed by atoms with van der Waals surface area (Å²) in [5, 5.41) is 10.4. The van der Waals surface area contributed by atoms with Crippen molar-refractivity contribution in [2.75, 3.05) is 26.7 Å². The van der Waals surface area contributed by atoms with Gasteiger partial charge in [0.05, 0.1) is 7.11 Å². The molecule has 2 N–H and O–H groups in total. The lowest BCUT2D eigenvalue weighted by atomic mass is 9.88. The van der Waals surface area contributed by atoms with Gasteiger partial charge >= 0.3 is 0 Å². The SMILES string of the molecule is COc1ccc(CC(CNC[C@@H]2C[C@H](S)CN2)c2cccc3ccccc23)cc1. The second kappa shape index (κ2) is 9.66. The fourth-order valence-corrected chi connectivity index (χ4v) is 4.69. The summed E-state index contributed by atoms with van der Waals surface area (Å²) in [6.07, 6.45) is 2.13. The number of nitrogens with one attached hydrogen (secondary N) is 2. The fraction of sp³-hybridized carbons (Fsp3) is 0.360. The molecule has 0 aliphatic carbocycles. The van der Waals surface area contributed by atoms with Crippen LogP contribution in [0.1, 0.15) is 23.5 Å². The van der Waals surface area contributed by atoms with E-state index in [0.29, 0.717) is 17.2 Å². The Morgan fingerprint density at radius 3 is 2.62 bits per heavy atom. The summed E-state index contributed by atoms with van der Waals surface area (Å²) in [5.74, 6) is 1.31. The van der Waals surface area contributed by atoms with Crippen LogP contribution in [-0.4, -0.2) is 38.0 Å².